The minimum absolute atomic E-state index is 0.699. The van der Waals surface area contributed by atoms with E-state index in [1.807, 2.05) is 12.1 Å². The summed E-state index contributed by atoms with van der Waals surface area (Å²) in [4.78, 5) is 12.1. The maximum absolute atomic E-state index is 4.54. The second-order valence-corrected chi connectivity index (χ2v) is 2.72. The quantitative estimate of drug-likeness (QED) is 0.672. The topological polar surface area (TPSA) is 90.7 Å². The van der Waals surface area contributed by atoms with Crippen LogP contribution in [0.3, 0.4) is 0 Å². The summed E-state index contributed by atoms with van der Waals surface area (Å²) < 4.78 is 0. The van der Waals surface area contributed by atoms with Crippen LogP contribution in [-0.2, 0) is 0 Å². The molecular weight excluding hydrogens is 242 g/mol. The van der Waals surface area contributed by atoms with Gasteiger partial charge in [0.1, 0.15) is 5.52 Å². The molecule has 0 aromatic carbocycles. The van der Waals surface area contributed by atoms with Crippen LogP contribution in [-0.4, -0.2) is 25.9 Å². The molecule has 2 heterocycles. The molecule has 2 aromatic rings. The van der Waals surface area contributed by atoms with Crippen LogP contribution in [0, 0.1) is 0 Å². The van der Waals surface area contributed by atoms with Gasteiger partial charge in [0.15, 0.2) is 5.65 Å². The van der Waals surface area contributed by atoms with E-state index in [1.54, 1.807) is 18.6 Å². The number of thiocarbonyl (C=S) groups is 2. The van der Waals surface area contributed by atoms with Gasteiger partial charge in [0.05, 0.1) is 11.0 Å². The van der Waals surface area contributed by atoms with Gasteiger partial charge in [0, 0.05) is 18.6 Å². The van der Waals surface area contributed by atoms with Crippen molar-refractivity contribution >= 4 is 46.6 Å². The van der Waals surface area contributed by atoms with Gasteiger partial charge in [-0.3, -0.25) is 4.98 Å². The largest absolute Gasteiger partial charge is 0.396 e. The van der Waals surface area contributed by atoms with E-state index in [0.717, 1.165) is 16.5 Å². The molecule has 0 amide bonds. The molecule has 0 aliphatic carbocycles. The van der Waals surface area contributed by atoms with Crippen molar-refractivity contribution in [2.24, 2.45) is 11.5 Å². The van der Waals surface area contributed by atoms with Gasteiger partial charge in [0.25, 0.3) is 0 Å². The van der Waals surface area contributed by atoms with Crippen LogP contribution >= 0.6 is 24.4 Å². The summed E-state index contributed by atoms with van der Waals surface area (Å²) in [6, 6.07) is 3.73. The molecule has 0 saturated heterocycles. The van der Waals surface area contributed by atoms with E-state index in [4.69, 9.17) is 0 Å². The Morgan fingerprint density at radius 3 is 2.00 bits per heavy atom. The zero-order valence-corrected chi connectivity index (χ0v) is 9.99. The molecule has 0 saturated carbocycles. The molecule has 84 valence electrons. The van der Waals surface area contributed by atoms with Crippen LogP contribution in [0.1, 0.15) is 0 Å². The summed E-state index contributed by atoms with van der Waals surface area (Å²) in [5.74, 6) is 0. The Balaban J connectivity index is 0.000000321. The highest BCUT2D eigenvalue weighted by atomic mass is 32.1. The lowest BCUT2D eigenvalue weighted by Crippen LogP contribution is -1.83. The van der Waals surface area contributed by atoms with Crippen molar-refractivity contribution in [3.63, 3.8) is 0 Å². The van der Waals surface area contributed by atoms with E-state index in [0.29, 0.717) is 5.65 Å². The van der Waals surface area contributed by atoms with E-state index in [9.17, 15) is 0 Å². The first-order valence-corrected chi connectivity index (χ1v) is 5.06. The molecule has 4 N–H and O–H groups in total. The normalized spacial score (nSPS) is 7.75. The highest BCUT2D eigenvalue weighted by Gasteiger charge is 1.89. The maximum Gasteiger partial charge on any atom is 0.178 e. The average Bonchev–Trinajstić information content (AvgIpc) is 2.31. The molecule has 0 aliphatic rings. The van der Waals surface area contributed by atoms with Crippen LogP contribution in [0.25, 0.3) is 11.2 Å². The molecule has 16 heavy (non-hydrogen) atoms. The third-order valence-electron chi connectivity index (χ3n) is 1.24. The van der Waals surface area contributed by atoms with Gasteiger partial charge in [-0.05, 0) is 12.1 Å². The Labute approximate surface area is 104 Å². The van der Waals surface area contributed by atoms with Gasteiger partial charge in [-0.2, -0.15) is 0 Å². The molecule has 7 heteroatoms. The lowest BCUT2D eigenvalue weighted by atomic mass is 10.4. The van der Waals surface area contributed by atoms with Gasteiger partial charge < -0.3 is 11.5 Å². The van der Waals surface area contributed by atoms with E-state index in [2.05, 4.69) is 50.9 Å². The summed E-state index contributed by atoms with van der Waals surface area (Å²) in [5, 5.41) is 0. The van der Waals surface area contributed by atoms with Crippen molar-refractivity contribution in [1.29, 1.82) is 0 Å². The number of fused-ring (bicyclic) bond motifs is 1. The first-order valence-electron chi connectivity index (χ1n) is 4.12. The molecule has 0 fully saturated rings. The number of hydrogen-bond acceptors (Lipinski definition) is 5. The molecular formula is C9H11N5S2. The number of rotatable bonds is 0. The first kappa shape index (κ1) is 14.3. The standard InChI is InChI=1S/C7H5N3.2CH3NS/c1-2-6-7(9-3-1)10-5-4-8-6;2*2-1-3/h1-5H;2*1H,(H2,2,3). The third-order valence-corrected chi connectivity index (χ3v) is 1.24. The summed E-state index contributed by atoms with van der Waals surface area (Å²) in [7, 11) is 0. The monoisotopic (exact) mass is 253 g/mol. The van der Waals surface area contributed by atoms with E-state index < -0.39 is 0 Å². The smallest absolute Gasteiger partial charge is 0.178 e. The predicted octanol–water partition coefficient (Wildman–Crippen LogP) is 0.829. The van der Waals surface area contributed by atoms with Crippen molar-refractivity contribution in [1.82, 2.24) is 15.0 Å². The molecule has 2 aromatic heterocycles. The SMILES string of the molecule is NC=S.NC=S.c1cnc2nccnc2c1. The molecule has 0 atom stereocenters. The fourth-order valence-corrected chi connectivity index (χ4v) is 0.806. The number of aromatic nitrogens is 3. The van der Waals surface area contributed by atoms with Crippen LogP contribution in [0.5, 0.6) is 0 Å². The number of nitrogens with zero attached hydrogens (tertiary/aromatic N) is 3. The van der Waals surface area contributed by atoms with E-state index in [-0.39, 0.29) is 0 Å². The minimum Gasteiger partial charge on any atom is -0.396 e. The van der Waals surface area contributed by atoms with Gasteiger partial charge >= 0.3 is 0 Å². The Morgan fingerprint density at radius 2 is 1.44 bits per heavy atom. The second-order valence-electron chi connectivity index (χ2n) is 2.17. The van der Waals surface area contributed by atoms with Crippen LogP contribution in [0.15, 0.2) is 30.7 Å². The van der Waals surface area contributed by atoms with Crippen molar-refractivity contribution in [3.8, 4) is 0 Å². The molecule has 0 radical (unpaired) electrons. The number of pyridine rings is 1. The first-order chi connectivity index (χ1) is 7.79. The van der Waals surface area contributed by atoms with Crippen LogP contribution in [0.4, 0.5) is 0 Å². The average molecular weight is 253 g/mol. The van der Waals surface area contributed by atoms with E-state index >= 15 is 0 Å². The van der Waals surface area contributed by atoms with Gasteiger partial charge in [-0.25, -0.2) is 9.97 Å². The summed E-state index contributed by atoms with van der Waals surface area (Å²) in [6.07, 6.45) is 5.00. The van der Waals surface area contributed by atoms with Crippen LogP contribution in [0.2, 0.25) is 0 Å². The summed E-state index contributed by atoms with van der Waals surface area (Å²) in [6.45, 7) is 0. The van der Waals surface area contributed by atoms with Gasteiger partial charge in [0.2, 0.25) is 0 Å². The number of hydrogen-bond donors (Lipinski definition) is 2. The van der Waals surface area contributed by atoms with Crippen molar-refractivity contribution in [2.45, 2.75) is 0 Å². The lowest BCUT2D eigenvalue weighted by molar-refractivity contribution is 1.22. The maximum atomic E-state index is 4.54. The zero-order valence-electron chi connectivity index (χ0n) is 8.35. The highest BCUT2D eigenvalue weighted by Crippen LogP contribution is 2.00. The molecule has 5 nitrogen and oxygen atoms in total. The van der Waals surface area contributed by atoms with Gasteiger partial charge in [-0.1, -0.05) is 24.4 Å². The van der Waals surface area contributed by atoms with Gasteiger partial charge in [-0.15, -0.1) is 0 Å². The Kier molecular flexibility index (Phi) is 8.75. The minimum atomic E-state index is 0.699. The molecule has 0 bridgehead atoms. The fraction of sp³-hybridized carbons (Fsp3) is 0. The summed E-state index contributed by atoms with van der Waals surface area (Å²) >= 11 is 8.09. The molecule has 0 unspecified atom stereocenters. The Morgan fingerprint density at radius 1 is 0.938 bits per heavy atom. The zero-order chi connectivity index (χ0) is 12.2. The predicted molar refractivity (Wildman–Crippen MR) is 73.0 cm³/mol. The van der Waals surface area contributed by atoms with Crippen LogP contribution < -0.4 is 11.5 Å². The second kappa shape index (κ2) is 9.81. The molecule has 0 aliphatic heterocycles. The van der Waals surface area contributed by atoms with Crippen molar-refractivity contribution in [2.75, 3.05) is 0 Å². The lowest BCUT2D eigenvalue weighted by Gasteiger charge is -1.89. The Hall–Kier alpha value is -1.73. The molecule has 0 spiro atoms. The fourth-order valence-electron chi connectivity index (χ4n) is 0.806. The number of nitrogens with two attached hydrogens (primary N) is 2. The third kappa shape index (κ3) is 5.89. The van der Waals surface area contributed by atoms with Crippen molar-refractivity contribution < 1.29 is 0 Å². The molecule has 2 rings (SSSR count). The highest BCUT2D eigenvalue weighted by molar-refractivity contribution is 7.79. The van der Waals surface area contributed by atoms with E-state index in [1.165, 1.54) is 0 Å². The van der Waals surface area contributed by atoms with Crippen molar-refractivity contribution in [3.05, 3.63) is 30.7 Å². The summed E-state index contributed by atoms with van der Waals surface area (Å²) in [5.41, 5.74) is 12.8. The Bertz CT molecular complexity index is 363.